The van der Waals surface area contributed by atoms with Crippen LogP contribution in [0.3, 0.4) is 0 Å². The van der Waals surface area contributed by atoms with E-state index in [4.69, 9.17) is 9.47 Å². The standard InChI is InChI=1S/C33H36N4O4/c1-22-8-6-9-23(2)31(22)34-33(39)36-18-16-35(17-19-36)32(38)29-21-30(25-12-14-27(40-4)15-13-25)37(24(29)3)26-10-7-11-28(20-26)41-5/h6-15,20-21H,16-19H2,1-5H3,(H,34,39). The Bertz CT molecular complexity index is 1550. The minimum absolute atomic E-state index is 0.0475. The number of hydrogen-bond donors (Lipinski definition) is 1. The molecule has 0 atom stereocenters. The number of carbonyl (C=O) groups excluding carboxylic acids is 2. The van der Waals surface area contributed by atoms with Crippen molar-refractivity contribution in [1.29, 1.82) is 0 Å². The van der Waals surface area contributed by atoms with E-state index < -0.39 is 0 Å². The highest BCUT2D eigenvalue weighted by Crippen LogP contribution is 2.32. The highest BCUT2D eigenvalue weighted by Gasteiger charge is 2.28. The van der Waals surface area contributed by atoms with Gasteiger partial charge in [-0.25, -0.2) is 4.79 Å². The molecule has 1 aliphatic rings. The molecule has 212 valence electrons. The zero-order valence-electron chi connectivity index (χ0n) is 24.2. The van der Waals surface area contributed by atoms with Crippen LogP contribution < -0.4 is 14.8 Å². The first-order chi connectivity index (χ1) is 19.8. The number of anilines is 1. The van der Waals surface area contributed by atoms with Crippen molar-refractivity contribution in [2.75, 3.05) is 45.7 Å². The van der Waals surface area contributed by atoms with E-state index in [0.717, 1.165) is 51.0 Å². The Hall–Kier alpha value is -4.72. The summed E-state index contributed by atoms with van der Waals surface area (Å²) in [5, 5.41) is 3.06. The number of hydrogen-bond acceptors (Lipinski definition) is 4. The Balaban J connectivity index is 1.39. The summed E-state index contributed by atoms with van der Waals surface area (Å²) in [5.74, 6) is 1.45. The summed E-state index contributed by atoms with van der Waals surface area (Å²) in [7, 11) is 3.28. The Labute approximate surface area is 241 Å². The third kappa shape index (κ3) is 5.63. The summed E-state index contributed by atoms with van der Waals surface area (Å²) < 4.78 is 12.9. The lowest BCUT2D eigenvalue weighted by Crippen LogP contribution is -2.51. The second kappa shape index (κ2) is 11.8. The molecule has 1 aromatic heterocycles. The molecule has 3 aromatic carbocycles. The lowest BCUT2D eigenvalue weighted by Gasteiger charge is -2.35. The predicted molar refractivity (Wildman–Crippen MR) is 161 cm³/mol. The molecule has 1 fully saturated rings. The maximum atomic E-state index is 13.9. The SMILES string of the molecule is COc1ccc(-c2cc(C(=O)N3CCN(C(=O)Nc4c(C)cccc4C)CC3)c(C)n2-c2cccc(OC)c2)cc1. The molecule has 8 heteroatoms. The Morgan fingerprint density at radius 3 is 1.98 bits per heavy atom. The fraction of sp³-hybridized carbons (Fsp3) is 0.273. The first kappa shape index (κ1) is 27.8. The molecular weight excluding hydrogens is 516 g/mol. The van der Waals surface area contributed by atoms with Crippen LogP contribution in [0.4, 0.5) is 10.5 Å². The van der Waals surface area contributed by atoms with Crippen LogP contribution in [-0.2, 0) is 0 Å². The molecule has 4 aromatic rings. The van der Waals surface area contributed by atoms with Gasteiger partial charge in [0.05, 0.1) is 25.5 Å². The lowest BCUT2D eigenvalue weighted by atomic mass is 10.1. The number of carbonyl (C=O) groups is 2. The molecule has 3 amide bonds. The normalized spacial score (nSPS) is 13.2. The molecule has 1 saturated heterocycles. The van der Waals surface area contributed by atoms with Gasteiger partial charge in [0.15, 0.2) is 0 Å². The summed E-state index contributed by atoms with van der Waals surface area (Å²) in [5.41, 5.74) is 7.12. The Morgan fingerprint density at radius 2 is 1.34 bits per heavy atom. The Morgan fingerprint density at radius 1 is 0.732 bits per heavy atom. The van der Waals surface area contributed by atoms with Crippen LogP contribution in [0.25, 0.3) is 16.9 Å². The maximum absolute atomic E-state index is 13.9. The van der Waals surface area contributed by atoms with Crippen molar-refractivity contribution in [2.24, 2.45) is 0 Å². The topological polar surface area (TPSA) is 76.0 Å². The van der Waals surface area contributed by atoms with Gasteiger partial charge >= 0.3 is 6.03 Å². The van der Waals surface area contributed by atoms with Crippen molar-refractivity contribution in [1.82, 2.24) is 14.4 Å². The van der Waals surface area contributed by atoms with Crippen LogP contribution in [0.2, 0.25) is 0 Å². The van der Waals surface area contributed by atoms with Gasteiger partial charge in [-0.2, -0.15) is 0 Å². The summed E-state index contributed by atoms with van der Waals surface area (Å²) in [6.45, 7) is 7.78. The van der Waals surface area contributed by atoms with Gasteiger partial charge in [0.2, 0.25) is 0 Å². The summed E-state index contributed by atoms with van der Waals surface area (Å²) in [4.78, 5) is 30.5. The zero-order chi connectivity index (χ0) is 29.1. The van der Waals surface area contributed by atoms with Gasteiger partial charge in [0.1, 0.15) is 11.5 Å². The highest BCUT2D eigenvalue weighted by atomic mass is 16.5. The van der Waals surface area contributed by atoms with E-state index in [1.165, 1.54) is 0 Å². The van der Waals surface area contributed by atoms with Crippen LogP contribution in [0.15, 0.2) is 72.8 Å². The number of piperazine rings is 1. The molecule has 0 spiro atoms. The van der Waals surface area contributed by atoms with E-state index >= 15 is 0 Å². The fourth-order valence-corrected chi connectivity index (χ4v) is 5.36. The van der Waals surface area contributed by atoms with E-state index in [1.807, 2.05) is 98.5 Å². The number of nitrogens with zero attached hydrogens (tertiary/aromatic N) is 3. The maximum Gasteiger partial charge on any atom is 0.321 e. The molecule has 0 aliphatic carbocycles. The smallest absolute Gasteiger partial charge is 0.321 e. The minimum atomic E-state index is -0.142. The molecule has 5 rings (SSSR count). The number of methoxy groups -OCH3 is 2. The molecule has 2 heterocycles. The summed E-state index contributed by atoms with van der Waals surface area (Å²) in [6.07, 6.45) is 0. The molecule has 1 aliphatic heterocycles. The van der Waals surface area contributed by atoms with E-state index in [-0.39, 0.29) is 11.9 Å². The molecule has 41 heavy (non-hydrogen) atoms. The number of benzene rings is 3. The van der Waals surface area contributed by atoms with Crippen LogP contribution in [0.1, 0.15) is 27.2 Å². The van der Waals surface area contributed by atoms with Gasteiger partial charge in [-0.05, 0) is 79.9 Å². The van der Waals surface area contributed by atoms with Crippen molar-refractivity contribution in [3.05, 3.63) is 95.2 Å². The zero-order valence-corrected chi connectivity index (χ0v) is 24.2. The molecule has 0 unspecified atom stereocenters. The molecule has 0 bridgehead atoms. The minimum Gasteiger partial charge on any atom is -0.497 e. The third-order valence-corrected chi connectivity index (χ3v) is 7.74. The molecular formula is C33H36N4O4. The van der Waals surface area contributed by atoms with Gasteiger partial charge in [0.25, 0.3) is 5.91 Å². The fourth-order valence-electron chi connectivity index (χ4n) is 5.36. The average Bonchev–Trinajstić information content (AvgIpc) is 3.35. The molecule has 8 nitrogen and oxygen atoms in total. The van der Waals surface area contributed by atoms with Gasteiger partial charge in [-0.1, -0.05) is 24.3 Å². The summed E-state index contributed by atoms with van der Waals surface area (Å²) in [6, 6.07) is 23.4. The number of rotatable bonds is 6. The molecule has 0 radical (unpaired) electrons. The lowest BCUT2D eigenvalue weighted by molar-refractivity contribution is 0.0671. The van der Waals surface area contributed by atoms with Crippen molar-refractivity contribution in [3.63, 3.8) is 0 Å². The van der Waals surface area contributed by atoms with Crippen molar-refractivity contribution >= 4 is 17.6 Å². The van der Waals surface area contributed by atoms with E-state index in [9.17, 15) is 9.59 Å². The largest absolute Gasteiger partial charge is 0.497 e. The summed E-state index contributed by atoms with van der Waals surface area (Å²) >= 11 is 0. The van der Waals surface area contributed by atoms with Gasteiger partial charge in [-0.3, -0.25) is 4.79 Å². The first-order valence-corrected chi connectivity index (χ1v) is 13.7. The monoisotopic (exact) mass is 552 g/mol. The first-order valence-electron chi connectivity index (χ1n) is 13.7. The number of para-hydroxylation sites is 1. The number of aryl methyl sites for hydroxylation is 2. The predicted octanol–water partition coefficient (Wildman–Crippen LogP) is 6.08. The van der Waals surface area contributed by atoms with Crippen molar-refractivity contribution in [2.45, 2.75) is 20.8 Å². The van der Waals surface area contributed by atoms with E-state index in [0.29, 0.717) is 31.7 Å². The molecule has 1 N–H and O–H groups in total. The van der Waals surface area contributed by atoms with Gasteiger partial charge in [-0.15, -0.1) is 0 Å². The number of amides is 3. The van der Waals surface area contributed by atoms with E-state index in [1.54, 1.807) is 19.1 Å². The number of urea groups is 1. The second-order valence-corrected chi connectivity index (χ2v) is 10.3. The van der Waals surface area contributed by atoms with Gasteiger partial charge in [0, 0.05) is 49.3 Å². The van der Waals surface area contributed by atoms with Crippen LogP contribution >= 0.6 is 0 Å². The Kier molecular flexibility index (Phi) is 8.01. The molecule has 0 saturated carbocycles. The van der Waals surface area contributed by atoms with E-state index in [2.05, 4.69) is 9.88 Å². The van der Waals surface area contributed by atoms with Crippen molar-refractivity contribution in [3.8, 4) is 28.4 Å². The number of aromatic nitrogens is 1. The quantitative estimate of drug-likeness (QED) is 0.315. The number of ether oxygens (including phenoxy) is 2. The van der Waals surface area contributed by atoms with Crippen LogP contribution in [0, 0.1) is 20.8 Å². The third-order valence-electron chi connectivity index (χ3n) is 7.74. The van der Waals surface area contributed by atoms with Crippen LogP contribution in [0.5, 0.6) is 11.5 Å². The van der Waals surface area contributed by atoms with Crippen LogP contribution in [-0.4, -0.2) is 66.7 Å². The average molecular weight is 553 g/mol. The highest BCUT2D eigenvalue weighted by molar-refractivity contribution is 5.98. The second-order valence-electron chi connectivity index (χ2n) is 10.3. The van der Waals surface area contributed by atoms with Crippen molar-refractivity contribution < 1.29 is 19.1 Å². The van der Waals surface area contributed by atoms with Gasteiger partial charge < -0.3 is 29.2 Å². The number of nitrogens with one attached hydrogen (secondary N) is 1.